The summed E-state index contributed by atoms with van der Waals surface area (Å²) in [5.74, 6) is 0. The zero-order valence-corrected chi connectivity index (χ0v) is 14.4. The third-order valence-electron chi connectivity index (χ3n) is 4.86. The molecule has 0 aliphatic carbocycles. The number of aryl methyl sites for hydroxylation is 1. The highest BCUT2D eigenvalue weighted by atomic mass is 16.5. The van der Waals surface area contributed by atoms with Crippen LogP contribution >= 0.6 is 0 Å². The molecule has 0 saturated carbocycles. The van der Waals surface area contributed by atoms with Crippen molar-refractivity contribution in [3.05, 3.63) is 78.4 Å². The highest BCUT2D eigenvalue weighted by molar-refractivity contribution is 6.67. The van der Waals surface area contributed by atoms with E-state index < -0.39 is 7.12 Å². The van der Waals surface area contributed by atoms with Gasteiger partial charge in [0.15, 0.2) is 0 Å². The second-order valence-corrected chi connectivity index (χ2v) is 6.28. The number of fused-ring (bicyclic) bond motifs is 2. The summed E-state index contributed by atoms with van der Waals surface area (Å²) in [7, 11) is 0.574. The van der Waals surface area contributed by atoms with Crippen LogP contribution in [0.3, 0.4) is 0 Å². The average molecular weight is 326 g/mol. The Balaban J connectivity index is 2.25. The molecule has 0 amide bonds. The molecule has 0 radical (unpaired) electrons. The number of hydrogen-bond donors (Lipinski definition) is 1. The Hall–Kier alpha value is -2.62. The second-order valence-electron chi connectivity index (χ2n) is 6.28. The van der Waals surface area contributed by atoms with Crippen molar-refractivity contribution in [1.29, 1.82) is 0 Å². The van der Waals surface area contributed by atoms with Crippen LogP contribution < -0.4 is 5.46 Å². The van der Waals surface area contributed by atoms with Crippen molar-refractivity contribution in [2.45, 2.75) is 6.92 Å². The Bertz CT molecular complexity index is 1010. The van der Waals surface area contributed by atoms with Gasteiger partial charge >= 0.3 is 7.12 Å². The lowest BCUT2D eigenvalue weighted by Crippen LogP contribution is -2.34. The monoisotopic (exact) mass is 326 g/mol. The van der Waals surface area contributed by atoms with E-state index in [1.54, 1.807) is 0 Å². The van der Waals surface area contributed by atoms with Crippen molar-refractivity contribution >= 4 is 34.1 Å². The second kappa shape index (κ2) is 6.36. The van der Waals surface area contributed by atoms with Crippen LogP contribution in [-0.2, 0) is 4.65 Å². The number of benzene rings is 4. The first-order valence-electron chi connectivity index (χ1n) is 8.42. The number of hydrogen-bond acceptors (Lipinski definition) is 2. The van der Waals surface area contributed by atoms with E-state index in [1.807, 2.05) is 24.3 Å². The van der Waals surface area contributed by atoms with E-state index in [-0.39, 0.29) is 0 Å². The van der Waals surface area contributed by atoms with Crippen LogP contribution in [0.25, 0.3) is 32.7 Å². The molecular formula is C22H19BO2. The first-order valence-corrected chi connectivity index (χ1v) is 8.42. The topological polar surface area (TPSA) is 29.5 Å². The maximum absolute atomic E-state index is 10.5. The van der Waals surface area contributed by atoms with Gasteiger partial charge in [0.2, 0.25) is 0 Å². The molecule has 0 aromatic heterocycles. The van der Waals surface area contributed by atoms with Crippen molar-refractivity contribution in [2.24, 2.45) is 0 Å². The molecular weight excluding hydrogens is 307 g/mol. The van der Waals surface area contributed by atoms with Crippen LogP contribution in [0.4, 0.5) is 0 Å². The Morgan fingerprint density at radius 1 is 0.720 bits per heavy atom. The third-order valence-corrected chi connectivity index (χ3v) is 4.86. The average Bonchev–Trinajstić information content (AvgIpc) is 2.66. The van der Waals surface area contributed by atoms with Crippen molar-refractivity contribution in [2.75, 3.05) is 7.11 Å². The SMILES string of the molecule is COB(O)c1c2ccccc2c(-c2ccccc2C)c2ccccc12. The Kier molecular flexibility index (Phi) is 4.04. The molecule has 0 fully saturated rings. The molecule has 4 aromatic rings. The Labute approximate surface area is 147 Å². The Morgan fingerprint density at radius 3 is 1.72 bits per heavy atom. The molecule has 0 aliphatic heterocycles. The van der Waals surface area contributed by atoms with Gasteiger partial charge in [-0.3, -0.25) is 0 Å². The summed E-state index contributed by atoms with van der Waals surface area (Å²) >= 11 is 0. The molecule has 4 aromatic carbocycles. The van der Waals surface area contributed by atoms with Gasteiger partial charge in [0.05, 0.1) is 0 Å². The third kappa shape index (κ3) is 2.53. The van der Waals surface area contributed by atoms with Crippen LogP contribution in [-0.4, -0.2) is 19.3 Å². The van der Waals surface area contributed by atoms with Crippen molar-refractivity contribution in [3.8, 4) is 11.1 Å². The van der Waals surface area contributed by atoms with E-state index in [9.17, 15) is 5.02 Å². The van der Waals surface area contributed by atoms with Gasteiger partial charge in [-0.25, -0.2) is 0 Å². The predicted molar refractivity (Wildman–Crippen MR) is 106 cm³/mol. The van der Waals surface area contributed by atoms with Gasteiger partial charge in [0.25, 0.3) is 0 Å². The number of rotatable bonds is 3. The minimum absolute atomic E-state index is 0.825. The molecule has 4 rings (SSSR count). The van der Waals surface area contributed by atoms with Gasteiger partial charge in [-0.1, -0.05) is 72.8 Å². The normalized spacial score (nSPS) is 11.2. The fourth-order valence-electron chi connectivity index (χ4n) is 3.69. The van der Waals surface area contributed by atoms with E-state index in [0.29, 0.717) is 0 Å². The van der Waals surface area contributed by atoms with Crippen LogP contribution in [0.15, 0.2) is 72.8 Å². The van der Waals surface area contributed by atoms with Gasteiger partial charge < -0.3 is 9.68 Å². The molecule has 0 bridgehead atoms. The first kappa shape index (κ1) is 15.9. The summed E-state index contributed by atoms with van der Waals surface area (Å²) in [5, 5.41) is 14.8. The zero-order valence-electron chi connectivity index (χ0n) is 14.4. The highest BCUT2D eigenvalue weighted by Crippen LogP contribution is 2.37. The molecule has 0 unspecified atom stereocenters. The molecule has 122 valence electrons. The highest BCUT2D eigenvalue weighted by Gasteiger charge is 2.24. The molecule has 0 heterocycles. The standard InChI is InChI=1S/C22H19BO2/c1-15-9-3-4-10-16(15)21-17-11-5-7-13-19(17)22(23(24)25-2)20-14-8-6-12-18(20)21/h3-14,24H,1-2H3. The van der Waals surface area contributed by atoms with Crippen LogP contribution in [0, 0.1) is 6.92 Å². The lowest BCUT2D eigenvalue weighted by Gasteiger charge is -2.18. The summed E-state index contributed by atoms with van der Waals surface area (Å²) in [6.07, 6.45) is 0. The van der Waals surface area contributed by atoms with E-state index in [4.69, 9.17) is 4.65 Å². The molecule has 0 aliphatic rings. The molecule has 1 N–H and O–H groups in total. The van der Waals surface area contributed by atoms with Gasteiger partial charge in [-0.2, -0.15) is 0 Å². The van der Waals surface area contributed by atoms with E-state index >= 15 is 0 Å². The maximum atomic E-state index is 10.5. The maximum Gasteiger partial charge on any atom is 0.492 e. The molecule has 3 heteroatoms. The van der Waals surface area contributed by atoms with Gasteiger partial charge in [-0.15, -0.1) is 0 Å². The molecule has 0 spiro atoms. The fraction of sp³-hybridized carbons (Fsp3) is 0.0909. The van der Waals surface area contributed by atoms with Gasteiger partial charge in [0, 0.05) is 7.11 Å². The molecule has 0 saturated heterocycles. The van der Waals surface area contributed by atoms with Gasteiger partial charge in [0.1, 0.15) is 0 Å². The van der Waals surface area contributed by atoms with E-state index in [2.05, 4.69) is 55.5 Å². The Morgan fingerprint density at radius 2 is 1.20 bits per heavy atom. The predicted octanol–water partition coefficient (Wildman–Crippen LogP) is 4.30. The molecule has 25 heavy (non-hydrogen) atoms. The van der Waals surface area contributed by atoms with E-state index in [1.165, 1.54) is 23.8 Å². The quantitative estimate of drug-likeness (QED) is 0.449. The zero-order chi connectivity index (χ0) is 17.4. The largest absolute Gasteiger partial charge is 0.492 e. The van der Waals surface area contributed by atoms with Crippen LogP contribution in [0.2, 0.25) is 0 Å². The minimum atomic E-state index is -0.958. The summed E-state index contributed by atoms with van der Waals surface area (Å²) < 4.78 is 5.28. The van der Waals surface area contributed by atoms with Crippen molar-refractivity contribution in [3.63, 3.8) is 0 Å². The smallest absolute Gasteiger partial charge is 0.423 e. The van der Waals surface area contributed by atoms with Crippen molar-refractivity contribution in [1.82, 2.24) is 0 Å². The summed E-state index contributed by atoms with van der Waals surface area (Å²) in [4.78, 5) is 0. The van der Waals surface area contributed by atoms with E-state index in [0.717, 1.165) is 27.0 Å². The van der Waals surface area contributed by atoms with Gasteiger partial charge in [-0.05, 0) is 50.6 Å². The molecule has 2 nitrogen and oxygen atoms in total. The van der Waals surface area contributed by atoms with Crippen LogP contribution in [0.1, 0.15) is 5.56 Å². The lowest BCUT2D eigenvalue weighted by molar-refractivity contribution is 0.342. The minimum Gasteiger partial charge on any atom is -0.423 e. The molecule has 0 atom stereocenters. The summed E-state index contributed by atoms with van der Waals surface area (Å²) in [6.45, 7) is 2.14. The summed E-state index contributed by atoms with van der Waals surface area (Å²) in [6, 6.07) is 24.9. The summed E-state index contributed by atoms with van der Waals surface area (Å²) in [5.41, 5.74) is 4.48. The van der Waals surface area contributed by atoms with Crippen molar-refractivity contribution < 1.29 is 9.68 Å². The first-order chi connectivity index (χ1) is 12.2. The lowest BCUT2D eigenvalue weighted by atomic mass is 9.72. The van der Waals surface area contributed by atoms with Crippen LogP contribution in [0.5, 0.6) is 0 Å². The fourth-order valence-corrected chi connectivity index (χ4v) is 3.69.